The fourth-order valence-electron chi connectivity index (χ4n) is 3.36. The highest BCUT2D eigenvalue weighted by molar-refractivity contribution is 6.35. The van der Waals surface area contributed by atoms with Gasteiger partial charge < -0.3 is 10.1 Å². The van der Waals surface area contributed by atoms with Crippen LogP contribution in [-0.2, 0) is 16.1 Å². The zero-order chi connectivity index (χ0) is 20.1. The number of amides is 1. The summed E-state index contributed by atoms with van der Waals surface area (Å²) in [6.45, 7) is 2.33. The predicted molar refractivity (Wildman–Crippen MR) is 111 cm³/mol. The van der Waals surface area contributed by atoms with E-state index in [9.17, 15) is 9.59 Å². The molecular formula is C21H22Cl2N2O3. The number of nitrogens with zero attached hydrogens (tertiary/aromatic N) is 1. The lowest BCUT2D eigenvalue weighted by atomic mass is 9.95. The van der Waals surface area contributed by atoms with Gasteiger partial charge in [-0.1, -0.05) is 41.4 Å². The molecule has 1 heterocycles. The van der Waals surface area contributed by atoms with Crippen LogP contribution in [0.3, 0.4) is 0 Å². The molecule has 0 bridgehead atoms. The van der Waals surface area contributed by atoms with Crippen molar-refractivity contribution in [2.45, 2.75) is 19.4 Å². The van der Waals surface area contributed by atoms with E-state index in [1.807, 2.05) is 12.1 Å². The number of halogens is 2. The van der Waals surface area contributed by atoms with Crippen molar-refractivity contribution in [3.8, 4) is 0 Å². The summed E-state index contributed by atoms with van der Waals surface area (Å²) in [6.07, 6.45) is 1.49. The molecule has 7 heteroatoms. The molecule has 0 aliphatic carbocycles. The summed E-state index contributed by atoms with van der Waals surface area (Å²) < 4.78 is 4.78. The highest BCUT2D eigenvalue weighted by Gasteiger charge is 2.26. The molecule has 0 radical (unpaired) electrons. The first-order chi connectivity index (χ1) is 13.5. The van der Waals surface area contributed by atoms with E-state index in [2.05, 4.69) is 10.2 Å². The minimum Gasteiger partial charge on any atom is -0.465 e. The fraction of sp³-hybridized carbons (Fsp3) is 0.333. The third kappa shape index (κ3) is 5.04. The maximum atomic E-state index is 12.7. The van der Waals surface area contributed by atoms with Gasteiger partial charge in [0.25, 0.3) is 0 Å². The molecule has 0 atom stereocenters. The average Bonchev–Trinajstić information content (AvgIpc) is 2.70. The van der Waals surface area contributed by atoms with Crippen molar-refractivity contribution in [1.29, 1.82) is 0 Å². The summed E-state index contributed by atoms with van der Waals surface area (Å²) in [5.74, 6) is -0.631. The van der Waals surface area contributed by atoms with E-state index in [0.29, 0.717) is 21.3 Å². The van der Waals surface area contributed by atoms with Crippen LogP contribution in [-0.4, -0.2) is 37.0 Å². The number of methoxy groups -OCH3 is 1. The lowest BCUT2D eigenvalue weighted by Gasteiger charge is -2.31. The van der Waals surface area contributed by atoms with Crippen molar-refractivity contribution < 1.29 is 14.3 Å². The van der Waals surface area contributed by atoms with Gasteiger partial charge in [0.2, 0.25) is 5.91 Å². The second-order valence-corrected chi connectivity index (χ2v) is 7.66. The van der Waals surface area contributed by atoms with Gasteiger partial charge in [-0.3, -0.25) is 9.69 Å². The van der Waals surface area contributed by atoms with Gasteiger partial charge in [-0.25, -0.2) is 4.79 Å². The van der Waals surface area contributed by atoms with E-state index in [1.54, 1.807) is 30.3 Å². The van der Waals surface area contributed by atoms with Crippen molar-refractivity contribution in [3.63, 3.8) is 0 Å². The minimum absolute atomic E-state index is 0.0690. The van der Waals surface area contributed by atoms with Crippen molar-refractivity contribution in [1.82, 2.24) is 4.90 Å². The number of rotatable bonds is 5. The lowest BCUT2D eigenvalue weighted by molar-refractivity contribution is -0.121. The Hall–Kier alpha value is -2.08. The molecule has 1 aliphatic rings. The number of hydrogen-bond acceptors (Lipinski definition) is 4. The minimum atomic E-state index is -0.467. The Balaban J connectivity index is 1.56. The largest absolute Gasteiger partial charge is 0.465 e. The Kier molecular flexibility index (Phi) is 6.94. The maximum Gasteiger partial charge on any atom is 0.339 e. The van der Waals surface area contributed by atoms with E-state index in [4.69, 9.17) is 27.9 Å². The Labute approximate surface area is 174 Å². The number of hydrogen-bond donors (Lipinski definition) is 1. The van der Waals surface area contributed by atoms with Crippen LogP contribution in [0.25, 0.3) is 0 Å². The van der Waals surface area contributed by atoms with E-state index >= 15 is 0 Å². The highest BCUT2D eigenvalue weighted by atomic mass is 35.5. The van der Waals surface area contributed by atoms with Crippen LogP contribution in [0.1, 0.15) is 28.8 Å². The topological polar surface area (TPSA) is 58.6 Å². The Morgan fingerprint density at radius 3 is 2.54 bits per heavy atom. The first kappa shape index (κ1) is 20.6. The van der Waals surface area contributed by atoms with E-state index in [0.717, 1.165) is 38.0 Å². The monoisotopic (exact) mass is 420 g/mol. The van der Waals surface area contributed by atoms with Gasteiger partial charge in [-0.15, -0.1) is 0 Å². The van der Waals surface area contributed by atoms with Gasteiger partial charge >= 0.3 is 5.97 Å². The molecule has 1 fully saturated rings. The molecule has 0 unspecified atom stereocenters. The molecule has 1 amide bonds. The van der Waals surface area contributed by atoms with Crippen molar-refractivity contribution in [2.24, 2.45) is 5.92 Å². The van der Waals surface area contributed by atoms with E-state index in [-0.39, 0.29) is 11.8 Å². The number of carbonyl (C=O) groups is 2. The van der Waals surface area contributed by atoms with Crippen LogP contribution in [0.4, 0.5) is 5.69 Å². The number of benzene rings is 2. The van der Waals surface area contributed by atoms with Crippen LogP contribution in [0.2, 0.25) is 10.0 Å². The lowest BCUT2D eigenvalue weighted by Crippen LogP contribution is -2.38. The van der Waals surface area contributed by atoms with Gasteiger partial charge in [0.05, 0.1) is 18.4 Å². The number of carbonyl (C=O) groups excluding carboxylic acids is 2. The van der Waals surface area contributed by atoms with Gasteiger partial charge in [-0.2, -0.15) is 0 Å². The summed E-state index contributed by atoms with van der Waals surface area (Å²) in [5, 5.41) is 4.16. The molecule has 5 nitrogen and oxygen atoms in total. The first-order valence-electron chi connectivity index (χ1n) is 9.12. The van der Waals surface area contributed by atoms with Gasteiger partial charge in [0, 0.05) is 22.5 Å². The summed E-state index contributed by atoms with van der Waals surface area (Å²) in [7, 11) is 1.32. The van der Waals surface area contributed by atoms with Gasteiger partial charge in [-0.05, 0) is 55.8 Å². The number of anilines is 1. The number of piperidine rings is 1. The van der Waals surface area contributed by atoms with E-state index in [1.165, 1.54) is 7.11 Å². The molecule has 1 aliphatic heterocycles. The molecule has 0 spiro atoms. The molecular weight excluding hydrogens is 399 g/mol. The third-order valence-electron chi connectivity index (χ3n) is 4.96. The van der Waals surface area contributed by atoms with Crippen LogP contribution in [0.5, 0.6) is 0 Å². The molecule has 2 aromatic carbocycles. The van der Waals surface area contributed by atoms with Crippen LogP contribution >= 0.6 is 23.2 Å². The second-order valence-electron chi connectivity index (χ2n) is 6.81. The van der Waals surface area contributed by atoms with E-state index < -0.39 is 5.97 Å². The molecule has 148 valence electrons. The Morgan fingerprint density at radius 1 is 1.14 bits per heavy atom. The molecule has 3 rings (SSSR count). The number of esters is 1. The summed E-state index contributed by atoms with van der Waals surface area (Å²) in [6, 6.07) is 12.4. The number of likely N-dealkylation sites (tertiary alicyclic amines) is 1. The SMILES string of the molecule is COC(=O)c1ccccc1NC(=O)C1CCN(Cc2ccc(Cl)cc2Cl)CC1. The molecule has 0 saturated carbocycles. The molecule has 0 aromatic heterocycles. The van der Waals surface area contributed by atoms with Gasteiger partial charge in [0.15, 0.2) is 0 Å². The normalized spacial score (nSPS) is 15.2. The third-order valence-corrected chi connectivity index (χ3v) is 5.54. The van der Waals surface area contributed by atoms with Crippen molar-refractivity contribution in [2.75, 3.05) is 25.5 Å². The Morgan fingerprint density at radius 2 is 1.86 bits per heavy atom. The van der Waals surface area contributed by atoms with Crippen LogP contribution in [0, 0.1) is 5.92 Å². The smallest absolute Gasteiger partial charge is 0.339 e. The zero-order valence-corrected chi connectivity index (χ0v) is 17.1. The standard InChI is InChI=1S/C21H22Cl2N2O3/c1-28-21(27)17-4-2-3-5-19(17)24-20(26)14-8-10-25(11-9-14)13-15-6-7-16(22)12-18(15)23/h2-7,12,14H,8-11,13H2,1H3,(H,24,26). The summed E-state index contributed by atoms with van der Waals surface area (Å²) in [5.41, 5.74) is 1.86. The average molecular weight is 421 g/mol. The molecule has 2 aromatic rings. The number of para-hydroxylation sites is 1. The van der Waals surface area contributed by atoms with Crippen molar-refractivity contribution >= 4 is 40.8 Å². The van der Waals surface area contributed by atoms with Crippen LogP contribution in [0.15, 0.2) is 42.5 Å². The number of ether oxygens (including phenoxy) is 1. The molecule has 28 heavy (non-hydrogen) atoms. The fourth-order valence-corrected chi connectivity index (χ4v) is 3.83. The predicted octanol–water partition coefficient (Wildman–Crippen LogP) is 4.63. The summed E-state index contributed by atoms with van der Waals surface area (Å²) >= 11 is 12.2. The quantitative estimate of drug-likeness (QED) is 0.716. The maximum absolute atomic E-state index is 12.7. The van der Waals surface area contributed by atoms with Crippen molar-refractivity contribution in [3.05, 3.63) is 63.6 Å². The molecule has 1 saturated heterocycles. The zero-order valence-electron chi connectivity index (χ0n) is 15.6. The highest BCUT2D eigenvalue weighted by Crippen LogP contribution is 2.26. The van der Waals surface area contributed by atoms with Crippen LogP contribution < -0.4 is 5.32 Å². The Bertz CT molecular complexity index is 864. The summed E-state index contributed by atoms with van der Waals surface area (Å²) in [4.78, 5) is 26.8. The second kappa shape index (κ2) is 9.41. The first-order valence-corrected chi connectivity index (χ1v) is 9.88. The molecule has 1 N–H and O–H groups in total. The number of nitrogens with one attached hydrogen (secondary N) is 1. The van der Waals surface area contributed by atoms with Gasteiger partial charge in [0.1, 0.15) is 0 Å².